The van der Waals surface area contributed by atoms with Crippen LogP contribution in [0.1, 0.15) is 5.56 Å². The molecule has 0 fully saturated rings. The Balaban J connectivity index is 3.02. The fourth-order valence-corrected chi connectivity index (χ4v) is 2.07. The van der Waals surface area contributed by atoms with E-state index in [-0.39, 0.29) is 5.69 Å². The summed E-state index contributed by atoms with van der Waals surface area (Å²) in [6.45, 7) is 1.94. The third-order valence-electron chi connectivity index (χ3n) is 1.67. The van der Waals surface area contributed by atoms with E-state index in [1.165, 1.54) is 11.3 Å². The summed E-state index contributed by atoms with van der Waals surface area (Å²) in [6, 6.07) is 0. The predicted molar refractivity (Wildman–Crippen MR) is 49.4 cm³/mol. The van der Waals surface area contributed by atoms with Crippen molar-refractivity contribution < 1.29 is 0 Å². The van der Waals surface area contributed by atoms with Gasteiger partial charge in [-0.2, -0.15) is 4.98 Å². The van der Waals surface area contributed by atoms with E-state index in [1.54, 1.807) is 0 Å². The van der Waals surface area contributed by atoms with Crippen LogP contribution < -0.4 is 11.4 Å². The van der Waals surface area contributed by atoms with Crippen molar-refractivity contribution in [2.45, 2.75) is 6.92 Å². The second-order valence-corrected chi connectivity index (χ2v) is 3.41. The molecule has 0 radical (unpaired) electrons. The van der Waals surface area contributed by atoms with Gasteiger partial charge in [0.1, 0.15) is 10.6 Å². The van der Waals surface area contributed by atoms with Crippen molar-refractivity contribution in [2.75, 3.05) is 5.73 Å². The molecule has 2 aromatic heterocycles. The molecule has 0 aromatic carbocycles. The molecule has 2 rings (SSSR count). The highest BCUT2D eigenvalue weighted by Crippen LogP contribution is 2.25. The molecule has 2 aromatic rings. The van der Waals surface area contributed by atoms with Crippen LogP contribution in [0, 0.1) is 6.92 Å². The molecule has 2 heterocycles. The molecule has 0 aliphatic heterocycles. The number of aromatic nitrogens is 2. The van der Waals surface area contributed by atoms with Crippen molar-refractivity contribution in [3.8, 4) is 0 Å². The molecule has 5 heteroatoms. The fraction of sp³-hybridized carbons (Fsp3) is 0.143. The molecule has 0 bridgehead atoms. The van der Waals surface area contributed by atoms with Crippen molar-refractivity contribution in [3.63, 3.8) is 0 Å². The molecule has 3 N–H and O–H groups in total. The van der Waals surface area contributed by atoms with Gasteiger partial charge in [-0.3, -0.25) is 4.98 Å². The van der Waals surface area contributed by atoms with E-state index in [4.69, 9.17) is 5.73 Å². The van der Waals surface area contributed by atoms with Crippen molar-refractivity contribution in [1.29, 1.82) is 0 Å². The summed E-state index contributed by atoms with van der Waals surface area (Å²) in [5.41, 5.74) is 6.28. The van der Waals surface area contributed by atoms with Crippen molar-refractivity contribution in [3.05, 3.63) is 21.4 Å². The Kier molecular flexibility index (Phi) is 1.41. The van der Waals surface area contributed by atoms with Crippen molar-refractivity contribution in [1.82, 2.24) is 9.97 Å². The number of nitrogens with two attached hydrogens (primary N) is 1. The Morgan fingerprint density at radius 1 is 1.67 bits per heavy atom. The van der Waals surface area contributed by atoms with E-state index in [9.17, 15) is 4.79 Å². The molecule has 0 saturated carbocycles. The molecule has 0 aliphatic carbocycles. The SMILES string of the molecule is Cc1csc2nc(=O)[nH]c(N)c12. The number of anilines is 1. The zero-order valence-electron chi connectivity index (χ0n) is 6.42. The van der Waals surface area contributed by atoms with E-state index in [1.807, 2.05) is 12.3 Å². The van der Waals surface area contributed by atoms with Crippen molar-refractivity contribution in [2.24, 2.45) is 0 Å². The van der Waals surface area contributed by atoms with Gasteiger partial charge in [0, 0.05) is 0 Å². The number of thiophene rings is 1. The monoisotopic (exact) mass is 181 g/mol. The van der Waals surface area contributed by atoms with Crippen molar-refractivity contribution >= 4 is 27.4 Å². The van der Waals surface area contributed by atoms with Crippen LogP contribution in [-0.4, -0.2) is 9.97 Å². The van der Waals surface area contributed by atoms with E-state index in [0.29, 0.717) is 10.6 Å². The van der Waals surface area contributed by atoms with Crippen LogP contribution in [0.4, 0.5) is 5.82 Å². The molecular weight excluding hydrogens is 174 g/mol. The lowest BCUT2D eigenvalue weighted by Crippen LogP contribution is -2.11. The van der Waals surface area contributed by atoms with Gasteiger partial charge < -0.3 is 5.73 Å². The zero-order chi connectivity index (χ0) is 8.72. The number of hydrogen-bond donors (Lipinski definition) is 2. The summed E-state index contributed by atoms with van der Waals surface area (Å²) < 4.78 is 0. The minimum atomic E-state index is -0.387. The van der Waals surface area contributed by atoms with Gasteiger partial charge in [0.05, 0.1) is 5.39 Å². The molecule has 0 atom stereocenters. The van der Waals surface area contributed by atoms with Crippen LogP contribution in [0.25, 0.3) is 10.2 Å². The smallest absolute Gasteiger partial charge is 0.347 e. The summed E-state index contributed by atoms with van der Waals surface area (Å²) in [4.78, 5) is 17.8. The summed E-state index contributed by atoms with van der Waals surface area (Å²) in [7, 11) is 0. The van der Waals surface area contributed by atoms with Gasteiger partial charge in [0.25, 0.3) is 0 Å². The Morgan fingerprint density at radius 3 is 3.17 bits per heavy atom. The second kappa shape index (κ2) is 2.31. The number of fused-ring (bicyclic) bond motifs is 1. The topological polar surface area (TPSA) is 71.8 Å². The first-order chi connectivity index (χ1) is 5.68. The summed E-state index contributed by atoms with van der Waals surface area (Å²) >= 11 is 1.43. The number of rotatable bonds is 0. The van der Waals surface area contributed by atoms with Gasteiger partial charge in [-0.15, -0.1) is 11.3 Å². The Bertz CT molecular complexity index is 485. The van der Waals surface area contributed by atoms with Gasteiger partial charge in [-0.05, 0) is 17.9 Å². The van der Waals surface area contributed by atoms with Gasteiger partial charge in [0.2, 0.25) is 0 Å². The molecule has 0 spiro atoms. The Hall–Kier alpha value is -1.36. The van der Waals surface area contributed by atoms with E-state index >= 15 is 0 Å². The Labute approximate surface area is 72.1 Å². The summed E-state index contributed by atoms with van der Waals surface area (Å²) in [5.74, 6) is 0.406. The highest BCUT2D eigenvalue weighted by molar-refractivity contribution is 7.17. The minimum Gasteiger partial charge on any atom is -0.385 e. The predicted octanol–water partition coefficient (Wildman–Crippen LogP) is 0.875. The first-order valence-electron chi connectivity index (χ1n) is 3.42. The quantitative estimate of drug-likeness (QED) is 0.633. The maximum absolute atomic E-state index is 10.9. The van der Waals surface area contributed by atoms with Gasteiger partial charge in [-0.25, -0.2) is 4.79 Å². The number of aromatic amines is 1. The molecule has 12 heavy (non-hydrogen) atoms. The second-order valence-electron chi connectivity index (χ2n) is 2.55. The van der Waals surface area contributed by atoms with Crippen LogP contribution in [0.2, 0.25) is 0 Å². The standard InChI is InChI=1S/C7H7N3OS/c1-3-2-12-6-4(3)5(8)9-7(11)10-6/h2H,1H3,(H3,8,9,10,11). The Morgan fingerprint density at radius 2 is 2.42 bits per heavy atom. The normalized spacial score (nSPS) is 10.8. The molecule has 0 amide bonds. The number of hydrogen-bond acceptors (Lipinski definition) is 4. The average Bonchev–Trinajstić information content (AvgIpc) is 2.31. The maximum atomic E-state index is 10.9. The van der Waals surface area contributed by atoms with E-state index in [2.05, 4.69) is 9.97 Å². The third-order valence-corrected chi connectivity index (χ3v) is 2.66. The maximum Gasteiger partial charge on any atom is 0.347 e. The lowest BCUT2D eigenvalue weighted by Gasteiger charge is -1.94. The fourth-order valence-electron chi connectivity index (χ4n) is 1.14. The lowest BCUT2D eigenvalue weighted by atomic mass is 10.2. The zero-order valence-corrected chi connectivity index (χ0v) is 7.23. The molecular formula is C7H7N3OS. The first kappa shape index (κ1) is 7.30. The van der Waals surface area contributed by atoms with Crippen LogP contribution in [-0.2, 0) is 0 Å². The largest absolute Gasteiger partial charge is 0.385 e. The minimum absolute atomic E-state index is 0.387. The lowest BCUT2D eigenvalue weighted by molar-refractivity contribution is 1.13. The highest BCUT2D eigenvalue weighted by Gasteiger charge is 2.05. The first-order valence-corrected chi connectivity index (χ1v) is 4.30. The third kappa shape index (κ3) is 0.902. The van der Waals surface area contributed by atoms with Crippen LogP contribution in [0.15, 0.2) is 10.2 Å². The number of nitrogens with zero attached hydrogens (tertiary/aromatic N) is 1. The molecule has 62 valence electrons. The average molecular weight is 181 g/mol. The number of aryl methyl sites for hydroxylation is 1. The summed E-state index contributed by atoms with van der Waals surface area (Å²) in [5, 5.41) is 2.79. The molecule has 4 nitrogen and oxygen atoms in total. The van der Waals surface area contributed by atoms with Crippen LogP contribution >= 0.6 is 11.3 Å². The van der Waals surface area contributed by atoms with Crippen LogP contribution in [0.3, 0.4) is 0 Å². The van der Waals surface area contributed by atoms with Gasteiger partial charge >= 0.3 is 5.69 Å². The van der Waals surface area contributed by atoms with Gasteiger partial charge in [-0.1, -0.05) is 0 Å². The molecule has 0 unspecified atom stereocenters. The molecule has 0 aliphatic rings. The number of H-pyrrole nitrogens is 1. The van der Waals surface area contributed by atoms with E-state index < -0.39 is 0 Å². The summed E-state index contributed by atoms with van der Waals surface area (Å²) in [6.07, 6.45) is 0. The number of nitrogen functional groups attached to an aromatic ring is 1. The molecule has 0 saturated heterocycles. The highest BCUT2D eigenvalue weighted by atomic mass is 32.1. The van der Waals surface area contributed by atoms with Gasteiger partial charge in [0.15, 0.2) is 0 Å². The number of nitrogens with one attached hydrogen (secondary N) is 1. The van der Waals surface area contributed by atoms with Crippen LogP contribution in [0.5, 0.6) is 0 Å². The van der Waals surface area contributed by atoms with E-state index in [0.717, 1.165) is 10.9 Å².